The Morgan fingerprint density at radius 1 is 0.974 bits per heavy atom. The number of methoxy groups -OCH3 is 1. The van der Waals surface area contributed by atoms with Gasteiger partial charge in [0.05, 0.1) is 36.8 Å². The SMILES string of the molecule is COc1cccc(CNC(=O)N2Cc3c(C)nn(-c4ccccc4)c3-n3cccc3C2c2cccc(C)c2)c1. The number of urea groups is 1. The van der Waals surface area contributed by atoms with E-state index in [4.69, 9.17) is 9.84 Å². The summed E-state index contributed by atoms with van der Waals surface area (Å²) in [6.07, 6.45) is 2.06. The predicted octanol–water partition coefficient (Wildman–Crippen LogP) is 6.10. The summed E-state index contributed by atoms with van der Waals surface area (Å²) in [5.74, 6) is 1.72. The lowest BCUT2D eigenvalue weighted by Gasteiger charge is -2.31. The van der Waals surface area contributed by atoms with Crippen molar-refractivity contribution >= 4 is 6.03 Å². The molecule has 0 fully saturated rings. The molecule has 0 radical (unpaired) electrons. The van der Waals surface area contributed by atoms with Crippen LogP contribution in [0.3, 0.4) is 0 Å². The normalized spacial score (nSPS) is 14.3. The van der Waals surface area contributed by atoms with Crippen LogP contribution in [-0.4, -0.2) is 32.4 Å². The van der Waals surface area contributed by atoms with Crippen molar-refractivity contribution in [1.29, 1.82) is 0 Å². The standard InChI is InChI=1S/C32H31N5O2/c1-22-10-7-12-25(18-22)30-29-16-9-17-35(29)31-28(23(2)34-37(31)26-13-5-4-6-14-26)21-36(30)32(38)33-20-24-11-8-15-27(19-24)39-3/h4-19,30H,20-21H2,1-3H3,(H,33,38). The number of para-hydroxylation sites is 1. The van der Waals surface area contributed by atoms with Crippen LogP contribution in [0, 0.1) is 13.8 Å². The number of hydrogen-bond donors (Lipinski definition) is 1. The number of carbonyl (C=O) groups excluding carboxylic acids is 1. The summed E-state index contributed by atoms with van der Waals surface area (Å²) >= 11 is 0. The first-order chi connectivity index (χ1) is 19.0. The fourth-order valence-electron chi connectivity index (χ4n) is 5.40. The Morgan fingerprint density at radius 2 is 1.79 bits per heavy atom. The fourth-order valence-corrected chi connectivity index (χ4v) is 5.40. The van der Waals surface area contributed by atoms with Gasteiger partial charge in [-0.2, -0.15) is 5.10 Å². The molecule has 39 heavy (non-hydrogen) atoms. The van der Waals surface area contributed by atoms with E-state index in [9.17, 15) is 4.79 Å². The molecule has 1 aliphatic rings. The van der Waals surface area contributed by atoms with Crippen molar-refractivity contribution < 1.29 is 9.53 Å². The minimum atomic E-state index is -0.291. The van der Waals surface area contributed by atoms with E-state index in [-0.39, 0.29) is 12.1 Å². The average Bonchev–Trinajstić information content (AvgIpc) is 3.52. The van der Waals surface area contributed by atoms with E-state index < -0.39 is 0 Å². The van der Waals surface area contributed by atoms with Gasteiger partial charge in [-0.3, -0.25) is 0 Å². The lowest BCUT2D eigenvalue weighted by molar-refractivity contribution is 0.180. The summed E-state index contributed by atoms with van der Waals surface area (Å²) in [7, 11) is 1.64. The van der Waals surface area contributed by atoms with Crippen molar-refractivity contribution in [3.8, 4) is 17.3 Å². The predicted molar refractivity (Wildman–Crippen MR) is 151 cm³/mol. The molecule has 1 unspecified atom stereocenters. The molecule has 196 valence electrons. The summed E-state index contributed by atoms with van der Waals surface area (Å²) < 4.78 is 9.54. The Labute approximate surface area is 228 Å². The molecule has 0 saturated heterocycles. The van der Waals surface area contributed by atoms with Crippen LogP contribution in [0.15, 0.2) is 97.2 Å². The van der Waals surface area contributed by atoms with E-state index in [0.29, 0.717) is 13.1 Å². The van der Waals surface area contributed by atoms with Crippen LogP contribution in [0.4, 0.5) is 4.79 Å². The van der Waals surface area contributed by atoms with E-state index in [1.807, 2.05) is 65.0 Å². The molecule has 7 heteroatoms. The van der Waals surface area contributed by atoms with Crippen LogP contribution in [-0.2, 0) is 13.1 Å². The van der Waals surface area contributed by atoms with Gasteiger partial charge in [0.1, 0.15) is 11.6 Å². The van der Waals surface area contributed by atoms with Gasteiger partial charge in [0.25, 0.3) is 0 Å². The quantitative estimate of drug-likeness (QED) is 0.306. The molecule has 2 aromatic heterocycles. The van der Waals surface area contributed by atoms with Gasteiger partial charge in [0.2, 0.25) is 0 Å². The highest BCUT2D eigenvalue weighted by Gasteiger charge is 2.36. The number of hydrogen-bond acceptors (Lipinski definition) is 3. The van der Waals surface area contributed by atoms with Crippen LogP contribution < -0.4 is 10.1 Å². The number of fused-ring (bicyclic) bond motifs is 3. The number of ether oxygens (including phenoxy) is 1. The zero-order valence-corrected chi connectivity index (χ0v) is 22.3. The zero-order valence-electron chi connectivity index (χ0n) is 22.3. The van der Waals surface area contributed by atoms with Gasteiger partial charge in [0.15, 0.2) is 0 Å². The van der Waals surface area contributed by atoms with Crippen LogP contribution in [0.25, 0.3) is 11.5 Å². The van der Waals surface area contributed by atoms with E-state index in [1.54, 1.807) is 7.11 Å². The fraction of sp³-hybridized carbons (Fsp3) is 0.188. The number of nitrogens with one attached hydrogen (secondary N) is 1. The molecule has 0 spiro atoms. The van der Waals surface area contributed by atoms with Gasteiger partial charge >= 0.3 is 6.03 Å². The Bertz CT molecular complexity index is 1640. The highest BCUT2D eigenvalue weighted by Crippen LogP contribution is 2.38. The van der Waals surface area contributed by atoms with Crippen molar-refractivity contribution in [2.45, 2.75) is 33.0 Å². The van der Waals surface area contributed by atoms with Gasteiger partial charge in [-0.15, -0.1) is 0 Å². The molecular formula is C32H31N5O2. The molecule has 6 rings (SSSR count). The Hall–Kier alpha value is -4.78. The van der Waals surface area contributed by atoms with E-state index in [2.05, 4.69) is 65.5 Å². The molecule has 7 nitrogen and oxygen atoms in total. The van der Waals surface area contributed by atoms with Crippen molar-refractivity contribution in [3.05, 3.63) is 131 Å². The first-order valence-electron chi connectivity index (χ1n) is 13.1. The topological polar surface area (TPSA) is 64.3 Å². The van der Waals surface area contributed by atoms with Crippen LogP contribution >= 0.6 is 0 Å². The minimum Gasteiger partial charge on any atom is -0.497 e. The lowest BCUT2D eigenvalue weighted by Crippen LogP contribution is -2.41. The van der Waals surface area contributed by atoms with E-state index >= 15 is 0 Å². The summed E-state index contributed by atoms with van der Waals surface area (Å²) in [5, 5.41) is 8.09. The Balaban J connectivity index is 1.46. The Morgan fingerprint density at radius 3 is 2.59 bits per heavy atom. The number of amides is 2. The maximum Gasteiger partial charge on any atom is 0.318 e. The molecule has 1 aliphatic heterocycles. The second kappa shape index (κ2) is 10.2. The lowest BCUT2D eigenvalue weighted by atomic mass is 10.00. The maximum atomic E-state index is 14.0. The molecule has 0 saturated carbocycles. The first-order valence-corrected chi connectivity index (χ1v) is 13.1. The summed E-state index contributed by atoms with van der Waals surface area (Å²) in [4.78, 5) is 16.0. The second-order valence-corrected chi connectivity index (χ2v) is 9.89. The first kappa shape index (κ1) is 24.6. The van der Waals surface area contributed by atoms with Gasteiger partial charge < -0.3 is 19.5 Å². The number of aryl methyl sites for hydroxylation is 2. The van der Waals surface area contributed by atoms with Gasteiger partial charge in [-0.25, -0.2) is 9.48 Å². The third kappa shape index (κ3) is 4.56. The molecule has 3 aromatic carbocycles. The third-order valence-electron chi connectivity index (χ3n) is 7.28. The van der Waals surface area contributed by atoms with Crippen LogP contribution in [0.1, 0.15) is 39.7 Å². The summed E-state index contributed by atoms with van der Waals surface area (Å²) in [6, 6.07) is 30.0. The highest BCUT2D eigenvalue weighted by atomic mass is 16.5. The van der Waals surface area contributed by atoms with Crippen LogP contribution in [0.2, 0.25) is 0 Å². The zero-order chi connectivity index (χ0) is 26.9. The van der Waals surface area contributed by atoms with E-state index in [0.717, 1.165) is 50.9 Å². The monoisotopic (exact) mass is 517 g/mol. The smallest absolute Gasteiger partial charge is 0.318 e. The largest absolute Gasteiger partial charge is 0.497 e. The third-order valence-corrected chi connectivity index (χ3v) is 7.28. The molecule has 0 aliphatic carbocycles. The van der Waals surface area contributed by atoms with Crippen LogP contribution in [0.5, 0.6) is 5.75 Å². The van der Waals surface area contributed by atoms with Crippen molar-refractivity contribution in [2.75, 3.05) is 7.11 Å². The number of aromatic nitrogens is 3. The minimum absolute atomic E-state index is 0.142. The van der Waals surface area contributed by atoms with Crippen molar-refractivity contribution in [2.24, 2.45) is 0 Å². The van der Waals surface area contributed by atoms with Crippen molar-refractivity contribution in [1.82, 2.24) is 24.6 Å². The van der Waals surface area contributed by atoms with Gasteiger partial charge in [0, 0.05) is 18.3 Å². The average molecular weight is 518 g/mol. The second-order valence-electron chi connectivity index (χ2n) is 9.89. The van der Waals surface area contributed by atoms with Gasteiger partial charge in [-0.1, -0.05) is 60.2 Å². The summed E-state index contributed by atoms with van der Waals surface area (Å²) in [6.45, 7) is 4.90. The number of rotatable bonds is 5. The number of nitrogens with zero attached hydrogens (tertiary/aromatic N) is 4. The molecule has 1 atom stereocenters. The van der Waals surface area contributed by atoms with E-state index in [1.165, 1.54) is 0 Å². The molecule has 5 aromatic rings. The highest BCUT2D eigenvalue weighted by molar-refractivity contribution is 5.76. The molecule has 0 bridgehead atoms. The Kier molecular flexibility index (Phi) is 6.40. The molecular weight excluding hydrogens is 486 g/mol. The van der Waals surface area contributed by atoms with Crippen molar-refractivity contribution in [3.63, 3.8) is 0 Å². The molecule has 3 heterocycles. The molecule has 1 N–H and O–H groups in total. The summed E-state index contributed by atoms with van der Waals surface area (Å²) in [5.41, 5.74) is 7.08. The number of benzene rings is 3. The maximum absolute atomic E-state index is 14.0. The number of carbonyl (C=O) groups is 1. The van der Waals surface area contributed by atoms with Gasteiger partial charge in [-0.05, 0) is 61.4 Å². The molecule has 2 amide bonds.